The fraction of sp³-hybridized carbons (Fsp3) is 0.800. The summed E-state index contributed by atoms with van der Waals surface area (Å²) in [6.07, 6.45) is 2.23. The van der Waals surface area contributed by atoms with E-state index in [0.717, 1.165) is 6.29 Å². The third-order valence-electron chi connectivity index (χ3n) is 4.69. The highest BCUT2D eigenvalue weighted by Crippen LogP contribution is 2.79. The standard InChI is InChI=1S/C10H13BrO3/c1-8(2)9(5-12)3-4-10(8,6(9)11)7(13)14/h5-6H,3-4H2,1-2H3,(H,13,14)/t6-,9-,10+/m0/s1. The molecule has 1 N–H and O–H groups in total. The van der Waals surface area contributed by atoms with Crippen molar-refractivity contribution in [3.8, 4) is 0 Å². The van der Waals surface area contributed by atoms with Crippen molar-refractivity contribution in [3.05, 3.63) is 0 Å². The molecule has 3 saturated carbocycles. The summed E-state index contributed by atoms with van der Waals surface area (Å²) in [6.45, 7) is 3.78. The van der Waals surface area contributed by atoms with Crippen LogP contribution in [-0.4, -0.2) is 22.2 Å². The summed E-state index contributed by atoms with van der Waals surface area (Å²) >= 11 is 3.39. The molecule has 3 rings (SSSR count). The van der Waals surface area contributed by atoms with Gasteiger partial charge in [0, 0.05) is 10.2 Å². The van der Waals surface area contributed by atoms with Crippen LogP contribution in [0.5, 0.6) is 0 Å². The lowest BCUT2D eigenvalue weighted by Gasteiger charge is -2.61. The van der Waals surface area contributed by atoms with Crippen LogP contribution in [0.15, 0.2) is 0 Å². The fourth-order valence-corrected chi connectivity index (χ4v) is 5.35. The molecule has 0 spiro atoms. The summed E-state index contributed by atoms with van der Waals surface area (Å²) in [5.74, 6) is -0.778. The summed E-state index contributed by atoms with van der Waals surface area (Å²) in [4.78, 5) is 22.2. The Balaban J connectivity index is 2.53. The van der Waals surface area contributed by atoms with Crippen LogP contribution < -0.4 is 0 Å². The van der Waals surface area contributed by atoms with E-state index in [1.807, 2.05) is 13.8 Å². The van der Waals surface area contributed by atoms with Gasteiger partial charge in [-0.3, -0.25) is 4.79 Å². The van der Waals surface area contributed by atoms with Gasteiger partial charge in [-0.15, -0.1) is 0 Å². The van der Waals surface area contributed by atoms with Crippen molar-refractivity contribution < 1.29 is 14.7 Å². The number of rotatable bonds is 2. The topological polar surface area (TPSA) is 54.4 Å². The zero-order valence-electron chi connectivity index (χ0n) is 8.21. The van der Waals surface area contributed by atoms with Gasteiger partial charge in [-0.05, 0) is 18.3 Å². The maximum absolute atomic E-state index is 11.3. The number of aliphatic carboxylic acids is 1. The molecule has 0 radical (unpaired) electrons. The van der Waals surface area contributed by atoms with E-state index >= 15 is 0 Å². The molecule has 0 aromatic carbocycles. The zero-order valence-corrected chi connectivity index (χ0v) is 9.80. The van der Waals surface area contributed by atoms with Crippen LogP contribution in [0, 0.1) is 16.2 Å². The van der Waals surface area contributed by atoms with Crippen LogP contribution in [0.3, 0.4) is 0 Å². The number of carbonyl (C=O) groups is 2. The molecule has 2 bridgehead atoms. The minimum Gasteiger partial charge on any atom is -0.481 e. The number of carboxylic acids is 1. The molecule has 4 heteroatoms. The van der Waals surface area contributed by atoms with Gasteiger partial charge in [-0.2, -0.15) is 0 Å². The second-order valence-electron chi connectivity index (χ2n) is 4.92. The molecule has 3 atom stereocenters. The minimum atomic E-state index is -0.778. The Morgan fingerprint density at radius 1 is 1.50 bits per heavy atom. The van der Waals surface area contributed by atoms with Crippen molar-refractivity contribution in [3.63, 3.8) is 0 Å². The molecular weight excluding hydrogens is 248 g/mol. The predicted molar refractivity (Wildman–Crippen MR) is 54.3 cm³/mol. The van der Waals surface area contributed by atoms with Crippen molar-refractivity contribution in [1.82, 2.24) is 0 Å². The highest BCUT2D eigenvalue weighted by Gasteiger charge is 2.82. The lowest BCUT2D eigenvalue weighted by molar-refractivity contribution is -0.181. The van der Waals surface area contributed by atoms with E-state index in [9.17, 15) is 14.7 Å². The van der Waals surface area contributed by atoms with Crippen molar-refractivity contribution in [2.75, 3.05) is 0 Å². The normalized spacial score (nSPS) is 48.4. The first-order valence-electron chi connectivity index (χ1n) is 4.70. The summed E-state index contributed by atoms with van der Waals surface area (Å²) in [5.41, 5.74) is -1.64. The number of alkyl halides is 1. The van der Waals surface area contributed by atoms with Crippen LogP contribution in [-0.2, 0) is 9.59 Å². The van der Waals surface area contributed by atoms with Gasteiger partial charge in [0.05, 0.1) is 5.41 Å². The molecule has 3 aliphatic rings. The first kappa shape index (κ1) is 10.1. The Hall–Kier alpha value is -0.380. The average molecular weight is 261 g/mol. The Kier molecular flexibility index (Phi) is 1.74. The molecule has 78 valence electrons. The minimum absolute atomic E-state index is 0.201. The quantitative estimate of drug-likeness (QED) is 0.609. The zero-order chi connectivity index (χ0) is 10.8. The summed E-state index contributed by atoms with van der Waals surface area (Å²) in [6, 6.07) is 0. The van der Waals surface area contributed by atoms with Crippen LogP contribution in [0.1, 0.15) is 26.7 Å². The highest BCUT2D eigenvalue weighted by atomic mass is 79.9. The second-order valence-corrected chi connectivity index (χ2v) is 5.84. The van der Waals surface area contributed by atoms with E-state index in [2.05, 4.69) is 15.9 Å². The number of halogens is 1. The predicted octanol–water partition coefficient (Wildman–Crippen LogP) is 1.84. The molecule has 3 nitrogen and oxygen atoms in total. The van der Waals surface area contributed by atoms with Crippen LogP contribution in [0.2, 0.25) is 0 Å². The third kappa shape index (κ3) is 0.630. The van der Waals surface area contributed by atoms with E-state index in [0.29, 0.717) is 12.8 Å². The molecule has 0 aromatic rings. The summed E-state index contributed by atoms with van der Waals surface area (Å²) in [5, 5.41) is 9.28. The molecule has 0 saturated heterocycles. The number of hydrogen-bond acceptors (Lipinski definition) is 2. The van der Waals surface area contributed by atoms with Gasteiger partial charge in [0.2, 0.25) is 0 Å². The Bertz CT molecular complexity index is 325. The molecule has 0 unspecified atom stereocenters. The van der Waals surface area contributed by atoms with Gasteiger partial charge in [0.25, 0.3) is 0 Å². The van der Waals surface area contributed by atoms with Gasteiger partial charge in [0.15, 0.2) is 0 Å². The Morgan fingerprint density at radius 3 is 2.29 bits per heavy atom. The second kappa shape index (κ2) is 2.40. The first-order chi connectivity index (χ1) is 6.37. The monoisotopic (exact) mass is 260 g/mol. The lowest BCUT2D eigenvalue weighted by atomic mass is 9.43. The molecule has 0 amide bonds. The van der Waals surface area contributed by atoms with E-state index < -0.39 is 22.2 Å². The van der Waals surface area contributed by atoms with Gasteiger partial charge >= 0.3 is 5.97 Å². The van der Waals surface area contributed by atoms with Crippen molar-refractivity contribution in [2.45, 2.75) is 31.5 Å². The van der Waals surface area contributed by atoms with E-state index in [1.165, 1.54) is 0 Å². The van der Waals surface area contributed by atoms with Gasteiger partial charge in [-0.1, -0.05) is 29.8 Å². The van der Waals surface area contributed by atoms with Crippen molar-refractivity contribution in [1.29, 1.82) is 0 Å². The third-order valence-corrected chi connectivity index (χ3v) is 6.29. The van der Waals surface area contributed by atoms with Crippen LogP contribution in [0.4, 0.5) is 0 Å². The van der Waals surface area contributed by atoms with Crippen molar-refractivity contribution >= 4 is 28.2 Å². The van der Waals surface area contributed by atoms with E-state index in [-0.39, 0.29) is 4.83 Å². The number of carbonyl (C=O) groups excluding carboxylic acids is 1. The lowest BCUT2D eigenvalue weighted by Crippen LogP contribution is -2.69. The molecule has 0 aliphatic heterocycles. The first-order valence-corrected chi connectivity index (χ1v) is 5.62. The fourth-order valence-electron chi connectivity index (χ4n) is 3.44. The van der Waals surface area contributed by atoms with Gasteiger partial charge in [0.1, 0.15) is 6.29 Å². The number of aldehydes is 1. The Morgan fingerprint density at radius 2 is 2.07 bits per heavy atom. The SMILES string of the molecule is CC1(C)[C@]2(C(=O)O)CC[C@]1(C=O)[C@@H]2Br. The summed E-state index contributed by atoms with van der Waals surface area (Å²) in [7, 11) is 0. The summed E-state index contributed by atoms with van der Waals surface area (Å²) < 4.78 is 0. The maximum Gasteiger partial charge on any atom is 0.311 e. The smallest absolute Gasteiger partial charge is 0.311 e. The average Bonchev–Trinajstić information content (AvgIpc) is 2.53. The molecule has 3 aliphatic carbocycles. The maximum atomic E-state index is 11.3. The molecule has 14 heavy (non-hydrogen) atoms. The van der Waals surface area contributed by atoms with E-state index in [1.54, 1.807) is 0 Å². The van der Waals surface area contributed by atoms with Crippen molar-refractivity contribution in [2.24, 2.45) is 16.2 Å². The van der Waals surface area contributed by atoms with Crippen LogP contribution >= 0.6 is 15.9 Å². The molecular formula is C10H13BrO3. The number of carboxylic acid groups (broad SMARTS) is 1. The Labute approximate surface area is 91.0 Å². The molecule has 0 aromatic heterocycles. The molecule has 0 heterocycles. The largest absolute Gasteiger partial charge is 0.481 e. The van der Waals surface area contributed by atoms with Gasteiger partial charge < -0.3 is 9.90 Å². The van der Waals surface area contributed by atoms with Gasteiger partial charge in [-0.25, -0.2) is 0 Å². The number of hydrogen-bond donors (Lipinski definition) is 1. The van der Waals surface area contributed by atoms with Crippen LogP contribution in [0.25, 0.3) is 0 Å². The number of fused-ring (bicyclic) bond motifs is 1. The molecule has 3 fully saturated rings. The highest BCUT2D eigenvalue weighted by molar-refractivity contribution is 9.09. The van der Waals surface area contributed by atoms with E-state index in [4.69, 9.17) is 0 Å².